The van der Waals surface area contributed by atoms with Crippen LogP contribution in [0.4, 0.5) is 4.79 Å². The highest BCUT2D eigenvalue weighted by molar-refractivity contribution is 5.94. The third-order valence-corrected chi connectivity index (χ3v) is 5.76. The second kappa shape index (κ2) is 10.1. The molecule has 0 heterocycles. The van der Waals surface area contributed by atoms with Gasteiger partial charge in [-0.1, -0.05) is 18.6 Å². The molecule has 0 radical (unpaired) electrons. The molecule has 28 heavy (non-hydrogen) atoms. The maximum Gasteiger partial charge on any atom is 0.315 e. The van der Waals surface area contributed by atoms with Crippen LogP contribution in [0.5, 0.6) is 0 Å². The smallest absolute Gasteiger partial charge is 0.315 e. The van der Waals surface area contributed by atoms with Crippen molar-refractivity contribution in [3.63, 3.8) is 0 Å². The minimum atomic E-state index is -0.186. The van der Waals surface area contributed by atoms with Gasteiger partial charge in [0.05, 0.1) is 0 Å². The van der Waals surface area contributed by atoms with Crippen molar-refractivity contribution in [3.8, 4) is 0 Å². The van der Waals surface area contributed by atoms with Gasteiger partial charge in [-0.3, -0.25) is 4.79 Å². The summed E-state index contributed by atoms with van der Waals surface area (Å²) < 4.78 is 0. The molecule has 6 nitrogen and oxygen atoms in total. The Morgan fingerprint density at radius 3 is 2.29 bits per heavy atom. The summed E-state index contributed by atoms with van der Waals surface area (Å²) in [5.41, 5.74) is 7.80. The predicted octanol–water partition coefficient (Wildman–Crippen LogP) is 2.95. The number of benzene rings is 1. The Labute approximate surface area is 173 Å². The zero-order valence-corrected chi connectivity index (χ0v) is 17.6. The van der Waals surface area contributed by atoms with Crippen molar-refractivity contribution in [1.82, 2.24) is 16.0 Å². The van der Waals surface area contributed by atoms with Crippen LogP contribution < -0.4 is 21.7 Å². The molecule has 156 valence electrons. The van der Waals surface area contributed by atoms with Crippen molar-refractivity contribution >= 4 is 24.3 Å². The number of hydrogen-bond donors (Lipinski definition) is 4. The molecule has 1 aromatic rings. The lowest BCUT2D eigenvalue weighted by molar-refractivity contribution is 0.0756. The Bertz CT molecular complexity index is 651. The molecular weight excluding hydrogens is 376 g/mol. The molecule has 0 aliphatic heterocycles. The van der Waals surface area contributed by atoms with Crippen molar-refractivity contribution in [2.24, 2.45) is 17.6 Å². The van der Waals surface area contributed by atoms with Crippen molar-refractivity contribution in [1.29, 1.82) is 0 Å². The van der Waals surface area contributed by atoms with Gasteiger partial charge in [-0.2, -0.15) is 0 Å². The number of nitrogens with two attached hydrogens (primary N) is 1. The first-order chi connectivity index (χ1) is 12.9. The number of nitrogens with one attached hydrogen (secondary N) is 3. The molecule has 2 unspecified atom stereocenters. The number of fused-ring (bicyclic) bond motifs is 2. The van der Waals surface area contributed by atoms with Gasteiger partial charge in [-0.05, 0) is 69.1 Å². The number of carbonyl (C=O) groups excluding carboxylic acids is 2. The van der Waals surface area contributed by atoms with Crippen LogP contribution in [0.3, 0.4) is 0 Å². The monoisotopic (exact) mass is 408 g/mol. The van der Waals surface area contributed by atoms with E-state index in [0.29, 0.717) is 23.9 Å². The van der Waals surface area contributed by atoms with E-state index in [0.717, 1.165) is 31.2 Å². The van der Waals surface area contributed by atoms with Crippen LogP contribution >= 0.6 is 12.4 Å². The molecule has 2 bridgehead atoms. The maximum absolute atomic E-state index is 12.7. The molecule has 0 aromatic heterocycles. The van der Waals surface area contributed by atoms with E-state index in [1.807, 2.05) is 38.1 Å². The van der Waals surface area contributed by atoms with Gasteiger partial charge >= 0.3 is 6.03 Å². The van der Waals surface area contributed by atoms with E-state index in [2.05, 4.69) is 16.0 Å². The fourth-order valence-corrected chi connectivity index (χ4v) is 4.53. The molecule has 1 aromatic carbocycles. The van der Waals surface area contributed by atoms with Crippen LogP contribution in [0.25, 0.3) is 0 Å². The van der Waals surface area contributed by atoms with Gasteiger partial charge < -0.3 is 21.7 Å². The Morgan fingerprint density at radius 2 is 1.71 bits per heavy atom. The number of hydrogen-bond acceptors (Lipinski definition) is 3. The van der Waals surface area contributed by atoms with E-state index < -0.39 is 0 Å². The van der Waals surface area contributed by atoms with Gasteiger partial charge in [0.2, 0.25) is 0 Å². The third kappa shape index (κ3) is 5.85. The van der Waals surface area contributed by atoms with E-state index in [4.69, 9.17) is 5.73 Å². The molecular formula is C21H33ClN4O2. The standard InChI is InChI=1S/C21H32N4O2.ClH/c1-13(2)24-21(27)23-12-14-6-8-15(9-7-14)20(26)25-19-16-4-3-5-17(19)11-18(22)10-16;/h6-9,13,16-19H,3-5,10-12,22H2,1-2H3,(H,25,26)(H2,23,24,27);1H. The summed E-state index contributed by atoms with van der Waals surface area (Å²) in [5, 5.41) is 8.88. The Kier molecular flexibility index (Phi) is 8.13. The molecule has 7 heteroatoms. The van der Waals surface area contributed by atoms with Crippen molar-refractivity contribution in [3.05, 3.63) is 35.4 Å². The summed E-state index contributed by atoms with van der Waals surface area (Å²) >= 11 is 0. The van der Waals surface area contributed by atoms with Gasteiger partial charge in [-0.15, -0.1) is 12.4 Å². The molecule has 2 saturated carbocycles. The summed E-state index contributed by atoms with van der Waals surface area (Å²) in [7, 11) is 0. The van der Waals surface area contributed by atoms with Crippen molar-refractivity contribution in [2.45, 2.75) is 70.6 Å². The minimum absolute atomic E-state index is 0. The zero-order chi connectivity index (χ0) is 19.4. The highest BCUT2D eigenvalue weighted by Gasteiger charge is 2.39. The first kappa shape index (κ1) is 22.5. The predicted molar refractivity (Wildman–Crippen MR) is 113 cm³/mol. The summed E-state index contributed by atoms with van der Waals surface area (Å²) in [6, 6.07) is 7.90. The first-order valence-corrected chi connectivity index (χ1v) is 10.1. The summed E-state index contributed by atoms with van der Waals surface area (Å²) in [6.45, 7) is 4.27. The lowest BCUT2D eigenvalue weighted by Gasteiger charge is -2.45. The molecule has 2 fully saturated rings. The number of halogens is 1. The Hall–Kier alpha value is -1.79. The first-order valence-electron chi connectivity index (χ1n) is 10.1. The minimum Gasteiger partial charge on any atom is -0.349 e. The van der Waals surface area contributed by atoms with Gasteiger partial charge in [0.15, 0.2) is 0 Å². The summed E-state index contributed by atoms with van der Waals surface area (Å²) in [4.78, 5) is 24.3. The Balaban J connectivity index is 0.00000280. The molecule has 3 rings (SSSR count). The van der Waals surface area contributed by atoms with Crippen LogP contribution in [0.2, 0.25) is 0 Å². The largest absolute Gasteiger partial charge is 0.349 e. The van der Waals surface area contributed by atoms with E-state index in [1.54, 1.807) is 0 Å². The zero-order valence-electron chi connectivity index (χ0n) is 16.7. The van der Waals surface area contributed by atoms with Crippen LogP contribution in [-0.2, 0) is 6.54 Å². The van der Waals surface area contributed by atoms with Gasteiger partial charge in [0.25, 0.3) is 5.91 Å². The van der Waals surface area contributed by atoms with Crippen LogP contribution in [0.15, 0.2) is 24.3 Å². The quantitative estimate of drug-likeness (QED) is 0.603. The number of carbonyl (C=O) groups is 2. The fourth-order valence-electron chi connectivity index (χ4n) is 4.53. The van der Waals surface area contributed by atoms with Crippen molar-refractivity contribution < 1.29 is 9.59 Å². The molecule has 2 aliphatic rings. The molecule has 2 atom stereocenters. The van der Waals surface area contributed by atoms with E-state index in [9.17, 15) is 9.59 Å². The van der Waals surface area contributed by atoms with Crippen LogP contribution in [-0.4, -0.2) is 30.1 Å². The summed E-state index contributed by atoms with van der Waals surface area (Å²) in [5.74, 6) is 1.02. The Morgan fingerprint density at radius 1 is 1.11 bits per heavy atom. The SMILES string of the molecule is CC(C)NC(=O)NCc1ccc(C(=O)NC2C3CCCC2CC(N)C3)cc1.Cl. The lowest BCUT2D eigenvalue weighted by atomic mass is 9.67. The molecule has 2 aliphatic carbocycles. The number of rotatable bonds is 5. The van der Waals surface area contributed by atoms with Gasteiger partial charge in [-0.25, -0.2) is 4.79 Å². The molecule has 3 amide bonds. The number of urea groups is 1. The molecule has 5 N–H and O–H groups in total. The normalized spacial score (nSPS) is 26.1. The molecule has 0 saturated heterocycles. The second-order valence-corrected chi connectivity index (χ2v) is 8.36. The van der Waals surface area contributed by atoms with Crippen molar-refractivity contribution in [2.75, 3.05) is 0 Å². The van der Waals surface area contributed by atoms with Crippen LogP contribution in [0, 0.1) is 11.8 Å². The van der Waals surface area contributed by atoms with Crippen LogP contribution in [0.1, 0.15) is 61.9 Å². The topological polar surface area (TPSA) is 96.2 Å². The summed E-state index contributed by atoms with van der Waals surface area (Å²) in [6.07, 6.45) is 5.62. The number of amides is 3. The second-order valence-electron chi connectivity index (χ2n) is 8.36. The molecule has 0 spiro atoms. The highest BCUT2D eigenvalue weighted by atomic mass is 35.5. The van der Waals surface area contributed by atoms with Gasteiger partial charge in [0.1, 0.15) is 0 Å². The van der Waals surface area contributed by atoms with E-state index in [-0.39, 0.29) is 42.5 Å². The lowest BCUT2D eigenvalue weighted by Crippen LogP contribution is -2.53. The third-order valence-electron chi connectivity index (χ3n) is 5.76. The average Bonchev–Trinajstić information content (AvgIpc) is 2.60. The maximum atomic E-state index is 12.7. The van der Waals surface area contributed by atoms with E-state index in [1.165, 1.54) is 6.42 Å². The highest BCUT2D eigenvalue weighted by Crippen LogP contribution is 2.39. The van der Waals surface area contributed by atoms with E-state index >= 15 is 0 Å². The van der Waals surface area contributed by atoms with Gasteiger partial charge in [0, 0.05) is 30.2 Å². The fraction of sp³-hybridized carbons (Fsp3) is 0.619. The average molecular weight is 409 g/mol.